The van der Waals surface area contributed by atoms with Crippen molar-refractivity contribution in [3.63, 3.8) is 0 Å². The zero-order chi connectivity index (χ0) is 12.5. The Hall–Kier alpha value is -1.68. The highest BCUT2D eigenvalue weighted by Crippen LogP contribution is 2.22. The van der Waals surface area contributed by atoms with Crippen molar-refractivity contribution in [1.82, 2.24) is 4.98 Å². The number of benzene rings is 1. The minimum atomic E-state index is -3.16. The summed E-state index contributed by atoms with van der Waals surface area (Å²) < 4.78 is 22.9. The quantitative estimate of drug-likeness (QED) is 0.819. The molecule has 3 nitrogen and oxygen atoms in total. The largest absolute Gasteiger partial charge is 0.264 e. The van der Waals surface area contributed by atoms with Gasteiger partial charge in [0.2, 0.25) is 0 Å². The number of rotatable bonds is 2. The zero-order valence-corrected chi connectivity index (χ0v) is 10.5. The minimum absolute atomic E-state index is 0.330. The predicted octanol–water partition coefficient (Wildman–Crippen LogP) is 2.46. The highest BCUT2D eigenvalue weighted by molar-refractivity contribution is 7.90. The Morgan fingerprint density at radius 1 is 1.06 bits per heavy atom. The third kappa shape index (κ3) is 2.71. The van der Waals surface area contributed by atoms with E-state index in [9.17, 15) is 8.42 Å². The Morgan fingerprint density at radius 3 is 2.47 bits per heavy atom. The van der Waals surface area contributed by atoms with E-state index in [0.717, 1.165) is 16.7 Å². The normalized spacial score (nSPS) is 11.4. The third-order valence-electron chi connectivity index (χ3n) is 2.47. The highest BCUT2D eigenvalue weighted by Gasteiger charge is 2.08. The van der Waals surface area contributed by atoms with Gasteiger partial charge >= 0.3 is 0 Å². The summed E-state index contributed by atoms with van der Waals surface area (Å²) in [5, 5.41) is 0. The van der Waals surface area contributed by atoms with Gasteiger partial charge in [-0.1, -0.05) is 12.1 Å². The standard InChI is InChI=1S/C13H13NO2S/c1-10-6-12(9-14-8-10)11-4-3-5-13(7-11)17(2,15)16/h3-9H,1-2H3. The molecule has 0 aliphatic carbocycles. The molecule has 4 heteroatoms. The smallest absolute Gasteiger partial charge is 0.175 e. The van der Waals surface area contributed by atoms with Gasteiger partial charge in [-0.3, -0.25) is 4.98 Å². The van der Waals surface area contributed by atoms with Crippen molar-refractivity contribution in [1.29, 1.82) is 0 Å². The number of pyridine rings is 1. The van der Waals surface area contributed by atoms with Gasteiger partial charge in [-0.15, -0.1) is 0 Å². The monoisotopic (exact) mass is 247 g/mol. The van der Waals surface area contributed by atoms with Gasteiger partial charge in [0.15, 0.2) is 9.84 Å². The Morgan fingerprint density at radius 2 is 1.82 bits per heavy atom. The molecule has 0 N–H and O–H groups in total. The zero-order valence-electron chi connectivity index (χ0n) is 9.71. The molecule has 0 spiro atoms. The predicted molar refractivity (Wildman–Crippen MR) is 67.5 cm³/mol. The van der Waals surface area contributed by atoms with Crippen LogP contribution < -0.4 is 0 Å². The lowest BCUT2D eigenvalue weighted by atomic mass is 10.1. The summed E-state index contributed by atoms with van der Waals surface area (Å²) in [5.74, 6) is 0. The van der Waals surface area contributed by atoms with Crippen LogP contribution in [-0.2, 0) is 9.84 Å². The molecule has 88 valence electrons. The van der Waals surface area contributed by atoms with E-state index in [1.165, 1.54) is 6.26 Å². The van der Waals surface area contributed by atoms with Crippen LogP contribution in [0.4, 0.5) is 0 Å². The lowest BCUT2D eigenvalue weighted by Gasteiger charge is -2.04. The lowest BCUT2D eigenvalue weighted by molar-refractivity contribution is 0.602. The van der Waals surface area contributed by atoms with Crippen LogP contribution in [0.5, 0.6) is 0 Å². The van der Waals surface area contributed by atoms with E-state index in [-0.39, 0.29) is 0 Å². The van der Waals surface area contributed by atoms with Crippen LogP contribution in [0.1, 0.15) is 5.56 Å². The van der Waals surface area contributed by atoms with Gasteiger partial charge in [0.1, 0.15) is 0 Å². The Balaban J connectivity index is 2.54. The molecule has 0 aliphatic heterocycles. The topological polar surface area (TPSA) is 47.0 Å². The summed E-state index contributed by atoms with van der Waals surface area (Å²) in [7, 11) is -3.16. The highest BCUT2D eigenvalue weighted by atomic mass is 32.2. The molecule has 1 aromatic carbocycles. The van der Waals surface area contributed by atoms with Crippen molar-refractivity contribution in [2.24, 2.45) is 0 Å². The van der Waals surface area contributed by atoms with E-state index in [2.05, 4.69) is 4.98 Å². The molecule has 17 heavy (non-hydrogen) atoms. The second-order valence-electron chi connectivity index (χ2n) is 4.05. The van der Waals surface area contributed by atoms with Crippen molar-refractivity contribution in [3.05, 3.63) is 48.3 Å². The Labute approximate surface area is 101 Å². The maximum Gasteiger partial charge on any atom is 0.175 e. The van der Waals surface area contributed by atoms with Gasteiger partial charge in [0.05, 0.1) is 4.90 Å². The SMILES string of the molecule is Cc1cncc(-c2cccc(S(C)(=O)=O)c2)c1. The maximum atomic E-state index is 11.5. The molecule has 1 aromatic heterocycles. The van der Waals surface area contributed by atoms with E-state index in [1.807, 2.05) is 19.1 Å². The number of sulfone groups is 1. The molecule has 0 fully saturated rings. The average Bonchev–Trinajstić information content (AvgIpc) is 2.28. The summed E-state index contributed by atoms with van der Waals surface area (Å²) in [6.07, 6.45) is 4.71. The first-order valence-corrected chi connectivity index (χ1v) is 7.08. The van der Waals surface area contributed by atoms with E-state index in [0.29, 0.717) is 4.90 Å². The molecule has 0 saturated heterocycles. The number of hydrogen-bond donors (Lipinski definition) is 0. The van der Waals surface area contributed by atoms with Crippen LogP contribution in [0.15, 0.2) is 47.6 Å². The summed E-state index contributed by atoms with van der Waals surface area (Å²) in [5.41, 5.74) is 2.84. The van der Waals surface area contributed by atoms with Crippen LogP contribution in [0.3, 0.4) is 0 Å². The van der Waals surface area contributed by atoms with Crippen molar-refractivity contribution in [3.8, 4) is 11.1 Å². The summed E-state index contributed by atoms with van der Waals surface area (Å²) in [6, 6.07) is 8.88. The molecule has 2 aromatic rings. The second kappa shape index (κ2) is 4.30. The van der Waals surface area contributed by atoms with Gasteiger partial charge in [-0.05, 0) is 36.2 Å². The van der Waals surface area contributed by atoms with Gasteiger partial charge in [-0.2, -0.15) is 0 Å². The molecular weight excluding hydrogens is 234 g/mol. The fraction of sp³-hybridized carbons (Fsp3) is 0.154. The molecular formula is C13H13NO2S. The molecule has 0 saturated carbocycles. The van der Waals surface area contributed by atoms with Gasteiger partial charge in [0, 0.05) is 24.2 Å². The first kappa shape index (κ1) is 11.8. The van der Waals surface area contributed by atoms with E-state index in [4.69, 9.17) is 0 Å². The summed E-state index contributed by atoms with van der Waals surface area (Å²) >= 11 is 0. The summed E-state index contributed by atoms with van der Waals surface area (Å²) in [4.78, 5) is 4.43. The third-order valence-corrected chi connectivity index (χ3v) is 3.58. The molecule has 0 radical (unpaired) electrons. The molecule has 1 heterocycles. The van der Waals surface area contributed by atoms with Crippen LogP contribution in [0.25, 0.3) is 11.1 Å². The van der Waals surface area contributed by atoms with E-state index < -0.39 is 9.84 Å². The first-order chi connectivity index (χ1) is 7.97. The first-order valence-electron chi connectivity index (χ1n) is 5.19. The van der Waals surface area contributed by atoms with Crippen LogP contribution in [-0.4, -0.2) is 19.7 Å². The number of hydrogen-bond acceptors (Lipinski definition) is 3. The van der Waals surface area contributed by atoms with Crippen LogP contribution in [0, 0.1) is 6.92 Å². The maximum absolute atomic E-state index is 11.5. The Bertz CT molecular complexity index is 648. The second-order valence-corrected chi connectivity index (χ2v) is 6.07. The summed E-state index contributed by atoms with van der Waals surface area (Å²) in [6.45, 7) is 1.96. The average molecular weight is 247 g/mol. The van der Waals surface area contributed by atoms with Crippen molar-refractivity contribution < 1.29 is 8.42 Å². The van der Waals surface area contributed by atoms with E-state index in [1.54, 1.807) is 30.6 Å². The molecule has 0 unspecified atom stereocenters. The molecule has 0 amide bonds. The van der Waals surface area contributed by atoms with Crippen molar-refractivity contribution in [2.75, 3.05) is 6.26 Å². The van der Waals surface area contributed by atoms with Gasteiger partial charge in [0.25, 0.3) is 0 Å². The lowest BCUT2D eigenvalue weighted by Crippen LogP contribution is -1.96. The molecule has 0 atom stereocenters. The van der Waals surface area contributed by atoms with Crippen molar-refractivity contribution in [2.45, 2.75) is 11.8 Å². The fourth-order valence-electron chi connectivity index (χ4n) is 1.62. The molecule has 0 bridgehead atoms. The van der Waals surface area contributed by atoms with Crippen LogP contribution >= 0.6 is 0 Å². The van der Waals surface area contributed by atoms with Gasteiger partial charge < -0.3 is 0 Å². The minimum Gasteiger partial charge on any atom is -0.264 e. The Kier molecular flexibility index (Phi) is 2.98. The molecule has 0 aliphatic rings. The van der Waals surface area contributed by atoms with Crippen LogP contribution in [0.2, 0.25) is 0 Å². The number of aromatic nitrogens is 1. The fourth-order valence-corrected chi connectivity index (χ4v) is 2.29. The van der Waals surface area contributed by atoms with E-state index >= 15 is 0 Å². The van der Waals surface area contributed by atoms with Crippen molar-refractivity contribution >= 4 is 9.84 Å². The number of nitrogens with zero attached hydrogens (tertiary/aromatic N) is 1. The molecule has 2 rings (SSSR count). The van der Waals surface area contributed by atoms with Gasteiger partial charge in [-0.25, -0.2) is 8.42 Å². The number of aryl methyl sites for hydroxylation is 1.